The lowest BCUT2D eigenvalue weighted by atomic mass is 10.3. The molecule has 0 aliphatic carbocycles. The van der Waals surface area contributed by atoms with Gasteiger partial charge < -0.3 is 10.1 Å². The topological polar surface area (TPSA) is 110 Å². The van der Waals surface area contributed by atoms with Gasteiger partial charge >= 0.3 is 0 Å². The molecule has 2 rings (SSSR count). The van der Waals surface area contributed by atoms with E-state index >= 15 is 0 Å². The molecule has 0 unspecified atom stereocenters. The van der Waals surface area contributed by atoms with Crippen LogP contribution in [0.1, 0.15) is 6.92 Å². The van der Waals surface area contributed by atoms with Crippen LogP contribution < -0.4 is 14.8 Å². The number of hydrogen-bond donors (Lipinski definition) is 2. The maximum Gasteiger partial charge on any atom is 0.269 e. The minimum absolute atomic E-state index is 0.00520. The average molecular weight is 360 g/mol. The Balaban J connectivity index is 1.85. The van der Waals surface area contributed by atoms with Gasteiger partial charge in [-0.2, -0.15) is 0 Å². The molecule has 0 spiro atoms. The molecule has 0 fully saturated rings. The Kier molecular flexibility index (Phi) is 5.58. The highest BCUT2D eigenvalue weighted by Crippen LogP contribution is 2.19. The molecule has 0 bridgehead atoms. The zero-order chi connectivity index (χ0) is 16.9. The molecule has 1 heterocycles. The van der Waals surface area contributed by atoms with Crippen LogP contribution in [0.4, 0.5) is 9.52 Å². The van der Waals surface area contributed by atoms with Gasteiger partial charge in [0, 0.05) is 13.5 Å². The molecule has 0 saturated heterocycles. The Morgan fingerprint density at radius 1 is 1.30 bits per heavy atom. The highest BCUT2D eigenvalue weighted by atomic mass is 32.2. The monoisotopic (exact) mass is 360 g/mol. The van der Waals surface area contributed by atoms with Crippen molar-refractivity contribution in [1.29, 1.82) is 0 Å². The van der Waals surface area contributed by atoms with E-state index in [1.807, 2.05) is 0 Å². The van der Waals surface area contributed by atoms with E-state index in [0.717, 1.165) is 11.3 Å². The van der Waals surface area contributed by atoms with Gasteiger partial charge in [0.1, 0.15) is 18.2 Å². The second-order valence-electron chi connectivity index (χ2n) is 4.25. The summed E-state index contributed by atoms with van der Waals surface area (Å²) < 4.78 is 43.9. The molecule has 1 aromatic carbocycles. The number of sulfonamides is 1. The van der Waals surface area contributed by atoms with Crippen LogP contribution in [0.15, 0.2) is 28.6 Å². The van der Waals surface area contributed by atoms with Gasteiger partial charge in [-0.3, -0.25) is 4.79 Å². The van der Waals surface area contributed by atoms with Crippen molar-refractivity contribution in [3.05, 3.63) is 30.1 Å². The molecule has 2 aromatic rings. The molecule has 23 heavy (non-hydrogen) atoms. The largest absolute Gasteiger partial charge is 0.492 e. The molecule has 0 radical (unpaired) electrons. The number of aromatic nitrogens is 2. The number of halogens is 1. The lowest BCUT2D eigenvalue weighted by molar-refractivity contribution is -0.114. The van der Waals surface area contributed by atoms with Crippen LogP contribution in [0.5, 0.6) is 5.75 Å². The van der Waals surface area contributed by atoms with Crippen LogP contribution >= 0.6 is 11.3 Å². The van der Waals surface area contributed by atoms with Gasteiger partial charge in [-0.1, -0.05) is 11.3 Å². The minimum atomic E-state index is -3.83. The van der Waals surface area contributed by atoms with Crippen molar-refractivity contribution in [2.75, 3.05) is 18.5 Å². The van der Waals surface area contributed by atoms with Gasteiger partial charge in [0.05, 0.1) is 0 Å². The van der Waals surface area contributed by atoms with E-state index in [1.54, 1.807) is 0 Å². The van der Waals surface area contributed by atoms with Crippen LogP contribution in [0.25, 0.3) is 0 Å². The number of nitrogens with zero attached hydrogens (tertiary/aromatic N) is 2. The predicted octanol–water partition coefficient (Wildman–Crippen LogP) is 0.993. The molecule has 0 aliphatic rings. The van der Waals surface area contributed by atoms with Crippen LogP contribution in [0.3, 0.4) is 0 Å². The number of carbonyl (C=O) groups excluding carboxylic acids is 1. The number of nitrogens with one attached hydrogen (secondary N) is 2. The Labute approximate surface area is 135 Å². The highest BCUT2D eigenvalue weighted by Gasteiger charge is 2.20. The first-order chi connectivity index (χ1) is 10.9. The summed E-state index contributed by atoms with van der Waals surface area (Å²) in [6, 6.07) is 5.36. The van der Waals surface area contributed by atoms with Crippen LogP contribution in [-0.2, 0) is 14.8 Å². The summed E-state index contributed by atoms with van der Waals surface area (Å²) in [6.07, 6.45) is 0. The standard InChI is InChI=1S/C12H13FN4O4S2/c1-8(18)15-11-16-17-12(22-11)23(19,20)14-6-7-21-10-4-2-9(13)3-5-10/h2-5,14H,6-7H2,1H3,(H,15,16,18). The van der Waals surface area contributed by atoms with Crippen molar-refractivity contribution in [3.8, 4) is 5.75 Å². The van der Waals surface area contributed by atoms with Crippen LogP contribution in [0, 0.1) is 5.82 Å². The van der Waals surface area contributed by atoms with E-state index in [9.17, 15) is 17.6 Å². The highest BCUT2D eigenvalue weighted by molar-refractivity contribution is 7.91. The second kappa shape index (κ2) is 7.44. The molecule has 0 saturated carbocycles. The maximum absolute atomic E-state index is 12.7. The Morgan fingerprint density at radius 2 is 2.00 bits per heavy atom. The number of amides is 1. The summed E-state index contributed by atoms with van der Waals surface area (Å²) in [5, 5.41) is 9.51. The second-order valence-corrected chi connectivity index (χ2v) is 7.17. The summed E-state index contributed by atoms with van der Waals surface area (Å²) in [7, 11) is -3.83. The van der Waals surface area contributed by atoms with E-state index in [0.29, 0.717) is 5.75 Å². The van der Waals surface area contributed by atoms with Crippen molar-refractivity contribution in [2.24, 2.45) is 0 Å². The third-order valence-electron chi connectivity index (χ3n) is 2.40. The number of ether oxygens (including phenoxy) is 1. The van der Waals surface area contributed by atoms with Crippen molar-refractivity contribution >= 4 is 32.4 Å². The first kappa shape index (κ1) is 17.2. The molecule has 1 amide bonds. The molecule has 2 N–H and O–H groups in total. The zero-order valence-electron chi connectivity index (χ0n) is 11.9. The lowest BCUT2D eigenvalue weighted by Crippen LogP contribution is -2.28. The summed E-state index contributed by atoms with van der Waals surface area (Å²) in [5.41, 5.74) is 0. The molecular weight excluding hydrogens is 347 g/mol. The third kappa shape index (κ3) is 5.23. The van der Waals surface area contributed by atoms with Crippen LogP contribution in [-0.4, -0.2) is 37.7 Å². The maximum atomic E-state index is 12.7. The van der Waals surface area contributed by atoms with E-state index < -0.39 is 10.0 Å². The SMILES string of the molecule is CC(=O)Nc1nnc(S(=O)(=O)NCCOc2ccc(F)cc2)s1. The number of hydrogen-bond acceptors (Lipinski definition) is 7. The molecule has 1 aromatic heterocycles. The van der Waals surface area contributed by atoms with Gasteiger partial charge in [0.25, 0.3) is 10.0 Å². The number of anilines is 1. The van der Waals surface area contributed by atoms with E-state index in [2.05, 4.69) is 20.2 Å². The smallest absolute Gasteiger partial charge is 0.269 e. The molecule has 8 nitrogen and oxygen atoms in total. The fourth-order valence-corrected chi connectivity index (χ4v) is 3.46. The normalized spacial score (nSPS) is 11.2. The van der Waals surface area contributed by atoms with Crippen molar-refractivity contribution in [1.82, 2.24) is 14.9 Å². The molecular formula is C12H13FN4O4S2. The number of carbonyl (C=O) groups is 1. The summed E-state index contributed by atoms with van der Waals surface area (Å²) in [4.78, 5) is 10.9. The molecule has 124 valence electrons. The van der Waals surface area contributed by atoms with Crippen molar-refractivity contribution in [3.63, 3.8) is 0 Å². The van der Waals surface area contributed by atoms with E-state index in [-0.39, 0.29) is 34.3 Å². The van der Waals surface area contributed by atoms with E-state index in [1.165, 1.54) is 31.2 Å². The minimum Gasteiger partial charge on any atom is -0.492 e. The quantitative estimate of drug-likeness (QED) is 0.563. The lowest BCUT2D eigenvalue weighted by Gasteiger charge is -2.06. The summed E-state index contributed by atoms with van der Waals surface area (Å²) >= 11 is 0.737. The Hall–Kier alpha value is -2.11. The fourth-order valence-electron chi connectivity index (χ4n) is 1.46. The predicted molar refractivity (Wildman–Crippen MR) is 81.3 cm³/mol. The molecule has 0 aliphatic heterocycles. The van der Waals surface area contributed by atoms with Crippen molar-refractivity contribution in [2.45, 2.75) is 11.3 Å². The van der Waals surface area contributed by atoms with Crippen molar-refractivity contribution < 1.29 is 22.3 Å². The number of benzene rings is 1. The Bertz CT molecular complexity index is 777. The first-order valence-electron chi connectivity index (χ1n) is 6.36. The molecule has 0 atom stereocenters. The van der Waals surface area contributed by atoms with E-state index in [4.69, 9.17) is 4.74 Å². The fraction of sp³-hybridized carbons (Fsp3) is 0.250. The summed E-state index contributed by atoms with van der Waals surface area (Å²) in [6.45, 7) is 1.33. The van der Waals surface area contributed by atoms with Gasteiger partial charge in [-0.05, 0) is 24.3 Å². The van der Waals surface area contributed by atoms with Gasteiger partial charge in [0.15, 0.2) is 0 Å². The van der Waals surface area contributed by atoms with Gasteiger partial charge in [-0.25, -0.2) is 17.5 Å². The number of rotatable bonds is 7. The molecule has 11 heteroatoms. The zero-order valence-corrected chi connectivity index (χ0v) is 13.6. The van der Waals surface area contributed by atoms with Crippen LogP contribution in [0.2, 0.25) is 0 Å². The Morgan fingerprint density at radius 3 is 2.65 bits per heavy atom. The third-order valence-corrected chi connectivity index (χ3v) is 5.06. The van der Waals surface area contributed by atoms with Gasteiger partial charge in [0.2, 0.25) is 15.4 Å². The van der Waals surface area contributed by atoms with Gasteiger partial charge in [-0.15, -0.1) is 10.2 Å². The summed E-state index contributed by atoms with van der Waals surface area (Å²) in [5.74, 6) is -0.329. The average Bonchev–Trinajstić information content (AvgIpc) is 2.94. The first-order valence-corrected chi connectivity index (χ1v) is 8.66.